The van der Waals surface area contributed by atoms with E-state index in [0.717, 1.165) is 48.9 Å². The molecule has 1 aliphatic heterocycles. The zero-order valence-corrected chi connectivity index (χ0v) is 17.3. The number of hydrogen-bond donors (Lipinski definition) is 1. The van der Waals surface area contributed by atoms with Crippen LogP contribution in [0.4, 0.5) is 0 Å². The maximum atomic E-state index is 13.4. The van der Waals surface area contributed by atoms with E-state index in [0.29, 0.717) is 18.8 Å². The van der Waals surface area contributed by atoms with E-state index in [9.17, 15) is 9.59 Å². The molecule has 0 saturated heterocycles. The van der Waals surface area contributed by atoms with Gasteiger partial charge in [-0.1, -0.05) is 31.0 Å². The monoisotopic (exact) mass is 398 g/mol. The fraction of sp³-hybridized carbons (Fsp3) is 0.565. The van der Waals surface area contributed by atoms with Crippen LogP contribution >= 0.6 is 0 Å². The van der Waals surface area contributed by atoms with Crippen LogP contribution in [0.2, 0.25) is 0 Å². The first-order valence-electron chi connectivity index (χ1n) is 10.7. The lowest BCUT2D eigenvalue weighted by molar-refractivity contribution is -0.142. The number of carbonyl (C=O) groups is 2. The van der Waals surface area contributed by atoms with Crippen LogP contribution < -0.4 is 10.1 Å². The van der Waals surface area contributed by atoms with Crippen molar-refractivity contribution in [1.82, 2.24) is 10.2 Å². The molecule has 6 nitrogen and oxygen atoms in total. The molecular weight excluding hydrogens is 368 g/mol. The Morgan fingerprint density at radius 3 is 2.79 bits per heavy atom. The topological polar surface area (TPSA) is 67.9 Å². The second-order valence-corrected chi connectivity index (χ2v) is 8.00. The summed E-state index contributed by atoms with van der Waals surface area (Å²) < 4.78 is 11.1. The molecule has 1 amide bonds. The van der Waals surface area contributed by atoms with Gasteiger partial charge in [-0.05, 0) is 32.3 Å². The summed E-state index contributed by atoms with van der Waals surface area (Å²) in [6, 6.07) is 7.50. The summed E-state index contributed by atoms with van der Waals surface area (Å²) in [6.07, 6.45) is 5.36. The highest BCUT2D eigenvalue weighted by Gasteiger charge is 2.46. The molecule has 1 aromatic rings. The number of benzene rings is 1. The molecule has 3 aliphatic rings. The molecular formula is C23H30N2O4. The molecule has 6 heteroatoms. The molecule has 0 bridgehead atoms. The molecule has 29 heavy (non-hydrogen) atoms. The number of fused-ring (bicyclic) bond motifs is 1. The molecule has 1 N–H and O–H groups in total. The van der Waals surface area contributed by atoms with Crippen LogP contribution in [0.5, 0.6) is 5.75 Å². The van der Waals surface area contributed by atoms with Crippen LogP contribution in [0, 0.1) is 0 Å². The summed E-state index contributed by atoms with van der Waals surface area (Å²) in [7, 11) is 1.63. The van der Waals surface area contributed by atoms with Crippen molar-refractivity contribution in [3.8, 4) is 5.75 Å². The van der Waals surface area contributed by atoms with Gasteiger partial charge < -0.3 is 19.7 Å². The van der Waals surface area contributed by atoms with E-state index in [2.05, 4.69) is 5.32 Å². The SMILES string of the molecule is CCOCC(=O)N1[C@@H]2CCCC[C@H]2NC2=C(C(=O)CC2)[C@H]1c1ccccc1OC. The van der Waals surface area contributed by atoms with Crippen LogP contribution in [0.15, 0.2) is 35.5 Å². The number of nitrogens with zero attached hydrogens (tertiary/aromatic N) is 1. The number of ether oxygens (including phenoxy) is 2. The van der Waals surface area contributed by atoms with Gasteiger partial charge in [0.05, 0.1) is 19.2 Å². The Labute approximate surface area is 172 Å². The number of para-hydroxylation sites is 1. The minimum Gasteiger partial charge on any atom is -0.496 e. The van der Waals surface area contributed by atoms with E-state index in [1.54, 1.807) is 7.11 Å². The summed E-state index contributed by atoms with van der Waals surface area (Å²) in [5.41, 5.74) is 2.61. The van der Waals surface area contributed by atoms with Gasteiger partial charge in [-0.25, -0.2) is 0 Å². The minimum atomic E-state index is -0.440. The van der Waals surface area contributed by atoms with Gasteiger partial charge in [0.15, 0.2) is 5.78 Å². The molecule has 0 aromatic heterocycles. The number of amides is 1. The van der Waals surface area contributed by atoms with Gasteiger partial charge in [-0.15, -0.1) is 0 Å². The van der Waals surface area contributed by atoms with E-state index in [4.69, 9.17) is 9.47 Å². The van der Waals surface area contributed by atoms with Gasteiger partial charge >= 0.3 is 0 Å². The number of nitrogens with one attached hydrogen (secondary N) is 1. The number of Topliss-reactive ketones (excluding diaryl/α,β-unsaturated/α-hetero) is 1. The van der Waals surface area contributed by atoms with Gasteiger partial charge in [0.2, 0.25) is 5.91 Å². The molecule has 2 aliphatic carbocycles. The van der Waals surface area contributed by atoms with Gasteiger partial charge in [0, 0.05) is 35.9 Å². The lowest BCUT2D eigenvalue weighted by atomic mass is 9.86. The fourth-order valence-electron chi connectivity index (χ4n) is 5.10. The lowest BCUT2D eigenvalue weighted by Crippen LogP contribution is -2.54. The highest BCUT2D eigenvalue weighted by atomic mass is 16.5. The van der Waals surface area contributed by atoms with Gasteiger partial charge in [-0.3, -0.25) is 9.59 Å². The minimum absolute atomic E-state index is 0.0299. The predicted octanol–water partition coefficient (Wildman–Crippen LogP) is 3.13. The molecule has 0 unspecified atom stereocenters. The molecule has 3 atom stereocenters. The number of ketones is 1. The highest BCUT2D eigenvalue weighted by molar-refractivity contribution is 6.01. The van der Waals surface area contributed by atoms with E-state index >= 15 is 0 Å². The molecule has 1 heterocycles. The third-order valence-electron chi connectivity index (χ3n) is 6.38. The number of allylic oxidation sites excluding steroid dienone is 1. The quantitative estimate of drug-likeness (QED) is 0.825. The first-order chi connectivity index (χ1) is 14.2. The van der Waals surface area contributed by atoms with Gasteiger partial charge in [0.1, 0.15) is 12.4 Å². The fourth-order valence-corrected chi connectivity index (χ4v) is 5.10. The van der Waals surface area contributed by atoms with Crippen molar-refractivity contribution >= 4 is 11.7 Å². The first-order valence-corrected chi connectivity index (χ1v) is 10.7. The predicted molar refractivity (Wildman–Crippen MR) is 110 cm³/mol. The Bertz CT molecular complexity index is 819. The van der Waals surface area contributed by atoms with Crippen molar-refractivity contribution in [3.63, 3.8) is 0 Å². The van der Waals surface area contributed by atoms with Crippen molar-refractivity contribution in [3.05, 3.63) is 41.1 Å². The van der Waals surface area contributed by atoms with E-state index in [-0.39, 0.29) is 30.4 Å². The lowest BCUT2D eigenvalue weighted by Gasteiger charge is -2.42. The maximum Gasteiger partial charge on any atom is 0.249 e. The second kappa shape index (κ2) is 8.57. The number of carbonyl (C=O) groups excluding carboxylic acids is 2. The Kier molecular flexibility index (Phi) is 5.90. The van der Waals surface area contributed by atoms with Crippen LogP contribution in [0.1, 0.15) is 57.1 Å². The molecule has 1 saturated carbocycles. The molecule has 156 valence electrons. The van der Waals surface area contributed by atoms with Crippen molar-refractivity contribution in [2.24, 2.45) is 0 Å². The summed E-state index contributed by atoms with van der Waals surface area (Å²) in [5.74, 6) is 0.763. The third-order valence-corrected chi connectivity index (χ3v) is 6.38. The van der Waals surface area contributed by atoms with E-state index in [1.807, 2.05) is 36.1 Å². The smallest absolute Gasteiger partial charge is 0.249 e. The summed E-state index contributed by atoms with van der Waals surface area (Å²) in [4.78, 5) is 28.4. The van der Waals surface area contributed by atoms with Crippen molar-refractivity contribution < 1.29 is 19.1 Å². The Balaban J connectivity index is 1.87. The summed E-state index contributed by atoms with van der Waals surface area (Å²) in [6.45, 7) is 2.40. The van der Waals surface area contributed by atoms with E-state index in [1.165, 1.54) is 0 Å². The number of hydrogen-bond acceptors (Lipinski definition) is 5. The van der Waals surface area contributed by atoms with Crippen molar-refractivity contribution in [1.29, 1.82) is 0 Å². The van der Waals surface area contributed by atoms with Crippen molar-refractivity contribution in [2.75, 3.05) is 20.3 Å². The first kappa shape index (κ1) is 20.0. The molecule has 1 aromatic carbocycles. The van der Waals surface area contributed by atoms with Gasteiger partial charge in [0.25, 0.3) is 0 Å². The van der Waals surface area contributed by atoms with Crippen molar-refractivity contribution in [2.45, 2.75) is 63.6 Å². The summed E-state index contributed by atoms with van der Waals surface area (Å²) >= 11 is 0. The summed E-state index contributed by atoms with van der Waals surface area (Å²) in [5, 5.41) is 3.67. The zero-order valence-electron chi connectivity index (χ0n) is 17.3. The van der Waals surface area contributed by atoms with Crippen LogP contribution in [-0.2, 0) is 14.3 Å². The molecule has 1 fully saturated rings. The Hall–Kier alpha value is -2.34. The third kappa shape index (κ3) is 3.66. The second-order valence-electron chi connectivity index (χ2n) is 8.00. The Morgan fingerprint density at radius 2 is 2.00 bits per heavy atom. The van der Waals surface area contributed by atoms with Crippen LogP contribution in [-0.4, -0.2) is 49.0 Å². The number of methoxy groups -OCH3 is 1. The standard InChI is InChI=1S/C23H30N2O4/c1-3-29-14-21(27)25-18-10-6-5-9-16(18)24-17-12-13-19(26)22(17)23(25)15-8-4-7-11-20(15)28-2/h4,7-8,11,16,18,23-24H,3,5-6,9-10,12-14H2,1-2H3/t16-,18-,23-/m1/s1. The average molecular weight is 399 g/mol. The largest absolute Gasteiger partial charge is 0.496 e. The van der Waals surface area contributed by atoms with Crippen LogP contribution in [0.3, 0.4) is 0 Å². The van der Waals surface area contributed by atoms with Gasteiger partial charge in [-0.2, -0.15) is 0 Å². The maximum absolute atomic E-state index is 13.4. The molecule has 0 spiro atoms. The van der Waals surface area contributed by atoms with Crippen LogP contribution in [0.25, 0.3) is 0 Å². The normalized spacial score (nSPS) is 26.5. The van der Waals surface area contributed by atoms with E-state index < -0.39 is 6.04 Å². The highest BCUT2D eigenvalue weighted by Crippen LogP contribution is 2.45. The average Bonchev–Trinajstić information content (AvgIpc) is 3.02. The molecule has 0 radical (unpaired) electrons. The Morgan fingerprint density at radius 1 is 1.21 bits per heavy atom. The zero-order chi connectivity index (χ0) is 20.4. The number of rotatable bonds is 5. The molecule has 4 rings (SSSR count).